The van der Waals surface area contributed by atoms with Crippen molar-refractivity contribution in [3.63, 3.8) is 0 Å². The quantitative estimate of drug-likeness (QED) is 0.512. The number of halogens is 3. The third-order valence-electron chi connectivity index (χ3n) is 1.61. The highest BCUT2D eigenvalue weighted by molar-refractivity contribution is 6.31. The first-order valence-electron chi connectivity index (χ1n) is 3.62. The molecule has 1 nitrogen and oxygen atoms in total. The largest absolute Gasteiger partial charge is 0.317 e. The normalized spacial score (nSPS) is 9.69. The molecule has 0 amide bonds. The van der Waals surface area contributed by atoms with Crippen LogP contribution in [-0.4, -0.2) is 6.54 Å². The van der Waals surface area contributed by atoms with Crippen molar-refractivity contribution in [3.05, 3.63) is 45.8 Å². The fraction of sp³-hybridized carbons (Fsp3) is 0.222. The third-order valence-corrected chi connectivity index (χ3v) is 2.02. The second kappa shape index (κ2) is 4.20. The average molecular weight is 202 g/mol. The zero-order valence-electron chi connectivity index (χ0n) is 6.65. The van der Waals surface area contributed by atoms with Gasteiger partial charge in [-0.15, -0.1) is 0 Å². The molecule has 0 aliphatic carbocycles. The number of hydrogen-bond acceptors (Lipinski definition) is 0. The van der Waals surface area contributed by atoms with Crippen LogP contribution >= 0.6 is 11.6 Å². The van der Waals surface area contributed by atoms with Gasteiger partial charge in [0, 0.05) is 12.0 Å². The van der Waals surface area contributed by atoms with Crippen LogP contribution < -0.4 is 0 Å². The van der Waals surface area contributed by atoms with E-state index in [0.29, 0.717) is 0 Å². The van der Waals surface area contributed by atoms with Crippen LogP contribution in [0.5, 0.6) is 0 Å². The van der Waals surface area contributed by atoms with Crippen molar-refractivity contribution >= 4 is 11.6 Å². The lowest BCUT2D eigenvalue weighted by molar-refractivity contribution is 0.587. The maximum absolute atomic E-state index is 13.0. The molecule has 1 rings (SSSR count). The summed E-state index contributed by atoms with van der Waals surface area (Å²) in [5, 5.41) is -0.219. The predicted molar refractivity (Wildman–Crippen MR) is 46.5 cm³/mol. The van der Waals surface area contributed by atoms with Gasteiger partial charge in [0.25, 0.3) is 0 Å². The molecule has 68 valence electrons. The Hall–Kier alpha value is -1.14. The minimum absolute atomic E-state index is 0.0812. The van der Waals surface area contributed by atoms with Gasteiger partial charge in [0.2, 0.25) is 6.54 Å². The molecule has 0 fully saturated rings. The molecule has 0 radical (unpaired) electrons. The zero-order valence-corrected chi connectivity index (χ0v) is 7.41. The molecule has 0 aromatic heterocycles. The second-order valence-electron chi connectivity index (χ2n) is 2.45. The van der Waals surface area contributed by atoms with Crippen molar-refractivity contribution < 1.29 is 8.78 Å². The predicted octanol–water partition coefficient (Wildman–Crippen LogP) is 3.08. The van der Waals surface area contributed by atoms with Crippen LogP contribution in [0.25, 0.3) is 4.85 Å². The molecule has 0 aliphatic heterocycles. The van der Waals surface area contributed by atoms with E-state index in [1.165, 1.54) is 0 Å². The number of hydrogen-bond donors (Lipinski definition) is 0. The van der Waals surface area contributed by atoms with Crippen molar-refractivity contribution in [1.29, 1.82) is 0 Å². The van der Waals surface area contributed by atoms with Crippen LogP contribution in [0.15, 0.2) is 12.1 Å². The average Bonchev–Trinajstić information content (AvgIpc) is 2.12. The molecule has 0 heterocycles. The van der Waals surface area contributed by atoms with Gasteiger partial charge in [-0.05, 0) is 12.1 Å². The maximum Gasteiger partial charge on any atom is 0.218 e. The SMILES string of the molecule is [C-]#[N+]CCc1c(F)ccc(F)c1Cl. The lowest BCUT2D eigenvalue weighted by atomic mass is 10.1. The van der Waals surface area contributed by atoms with E-state index in [9.17, 15) is 8.78 Å². The van der Waals surface area contributed by atoms with Gasteiger partial charge >= 0.3 is 0 Å². The van der Waals surface area contributed by atoms with Gasteiger partial charge in [-0.25, -0.2) is 15.4 Å². The van der Waals surface area contributed by atoms with Gasteiger partial charge in [-0.3, -0.25) is 0 Å². The third kappa shape index (κ3) is 2.16. The van der Waals surface area contributed by atoms with Gasteiger partial charge in [0.1, 0.15) is 11.6 Å². The Bertz CT molecular complexity index is 357. The van der Waals surface area contributed by atoms with Gasteiger partial charge < -0.3 is 4.85 Å². The Morgan fingerprint density at radius 3 is 2.54 bits per heavy atom. The Kier molecular flexibility index (Phi) is 3.21. The summed E-state index contributed by atoms with van der Waals surface area (Å²) in [5.41, 5.74) is 0.0812. The van der Waals surface area contributed by atoms with E-state index in [1.807, 2.05) is 0 Å². The standard InChI is InChI=1S/C9H6ClF2N/c1-13-5-4-6-7(11)2-3-8(12)9(6)10/h2-3H,4-5H2. The van der Waals surface area contributed by atoms with E-state index in [4.69, 9.17) is 18.2 Å². The van der Waals surface area contributed by atoms with Crippen molar-refractivity contribution in [2.75, 3.05) is 6.54 Å². The number of rotatable bonds is 2. The van der Waals surface area contributed by atoms with E-state index in [1.54, 1.807) is 0 Å². The summed E-state index contributed by atoms with van der Waals surface area (Å²) in [6.07, 6.45) is 0.145. The molecule has 13 heavy (non-hydrogen) atoms. The summed E-state index contributed by atoms with van der Waals surface area (Å²) in [7, 11) is 0. The summed E-state index contributed by atoms with van der Waals surface area (Å²) in [4.78, 5) is 3.05. The summed E-state index contributed by atoms with van der Waals surface area (Å²) in [6.45, 7) is 6.62. The Morgan fingerprint density at radius 2 is 1.92 bits per heavy atom. The minimum atomic E-state index is -0.650. The topological polar surface area (TPSA) is 4.36 Å². The van der Waals surface area contributed by atoms with Gasteiger partial charge in [-0.1, -0.05) is 11.6 Å². The molecule has 0 atom stereocenters. The molecular formula is C9H6ClF2N. The first kappa shape index (κ1) is 9.94. The second-order valence-corrected chi connectivity index (χ2v) is 2.83. The summed E-state index contributed by atoms with van der Waals surface area (Å²) < 4.78 is 25.8. The van der Waals surface area contributed by atoms with Crippen LogP contribution in [0.3, 0.4) is 0 Å². The Morgan fingerprint density at radius 1 is 1.31 bits per heavy atom. The van der Waals surface area contributed by atoms with Gasteiger partial charge in [0.05, 0.1) is 5.02 Å². The van der Waals surface area contributed by atoms with Crippen LogP contribution in [0, 0.1) is 18.2 Å². The monoisotopic (exact) mass is 201 g/mol. The molecule has 0 N–H and O–H groups in total. The van der Waals surface area contributed by atoms with E-state index in [-0.39, 0.29) is 23.6 Å². The van der Waals surface area contributed by atoms with Crippen molar-refractivity contribution in [2.45, 2.75) is 6.42 Å². The Balaban J connectivity index is 3.04. The van der Waals surface area contributed by atoms with E-state index >= 15 is 0 Å². The zero-order chi connectivity index (χ0) is 9.84. The summed E-state index contributed by atoms with van der Waals surface area (Å²) in [6, 6.07) is 1.99. The fourth-order valence-electron chi connectivity index (χ4n) is 0.966. The molecule has 0 aliphatic rings. The van der Waals surface area contributed by atoms with Gasteiger partial charge in [-0.2, -0.15) is 0 Å². The molecule has 0 saturated heterocycles. The van der Waals surface area contributed by atoms with Crippen LogP contribution in [0.2, 0.25) is 5.02 Å². The molecule has 4 heteroatoms. The van der Waals surface area contributed by atoms with Crippen LogP contribution in [0.4, 0.5) is 8.78 Å². The summed E-state index contributed by atoms with van der Waals surface area (Å²) >= 11 is 5.52. The number of nitrogens with zero attached hydrogens (tertiary/aromatic N) is 1. The van der Waals surface area contributed by atoms with E-state index in [0.717, 1.165) is 12.1 Å². The lowest BCUT2D eigenvalue weighted by Crippen LogP contribution is -1.96. The minimum Gasteiger partial charge on any atom is -0.317 e. The van der Waals surface area contributed by atoms with Crippen molar-refractivity contribution in [1.82, 2.24) is 0 Å². The first-order chi connectivity index (χ1) is 6.16. The van der Waals surface area contributed by atoms with Crippen LogP contribution in [-0.2, 0) is 6.42 Å². The van der Waals surface area contributed by atoms with E-state index in [2.05, 4.69) is 4.85 Å². The fourth-order valence-corrected chi connectivity index (χ4v) is 1.21. The molecule has 0 bridgehead atoms. The molecule has 0 saturated carbocycles. The highest BCUT2D eigenvalue weighted by Gasteiger charge is 2.12. The molecular weight excluding hydrogens is 196 g/mol. The summed E-state index contributed by atoms with van der Waals surface area (Å²) in [5.74, 6) is -1.21. The number of benzene rings is 1. The maximum atomic E-state index is 13.0. The molecule has 1 aromatic rings. The van der Waals surface area contributed by atoms with E-state index < -0.39 is 11.6 Å². The van der Waals surface area contributed by atoms with Crippen molar-refractivity contribution in [2.24, 2.45) is 0 Å². The highest BCUT2D eigenvalue weighted by Crippen LogP contribution is 2.23. The highest BCUT2D eigenvalue weighted by atomic mass is 35.5. The first-order valence-corrected chi connectivity index (χ1v) is 4.00. The van der Waals surface area contributed by atoms with Gasteiger partial charge in [0.15, 0.2) is 0 Å². The lowest BCUT2D eigenvalue weighted by Gasteiger charge is -2.02. The molecule has 0 unspecified atom stereocenters. The Labute approximate surface area is 79.8 Å². The smallest absolute Gasteiger partial charge is 0.218 e. The molecule has 0 spiro atoms. The van der Waals surface area contributed by atoms with Crippen molar-refractivity contribution in [3.8, 4) is 0 Å². The van der Waals surface area contributed by atoms with Crippen LogP contribution in [0.1, 0.15) is 5.56 Å². The molecule has 1 aromatic carbocycles.